The normalized spacial score (nSPS) is 20.3. The summed E-state index contributed by atoms with van der Waals surface area (Å²) in [6, 6.07) is 12.0. The number of Topliss-reactive ketones (excluding diaryl/α,β-unsaturated/α-hetero) is 2. The van der Waals surface area contributed by atoms with Gasteiger partial charge in [0.25, 0.3) is 5.91 Å². The van der Waals surface area contributed by atoms with E-state index in [1.807, 2.05) is 27.7 Å². The molecule has 0 saturated carbocycles. The number of ether oxygens (including phenoxy) is 2. The molecule has 6 nitrogen and oxygen atoms in total. The summed E-state index contributed by atoms with van der Waals surface area (Å²) in [7, 11) is 0. The second-order valence-electron chi connectivity index (χ2n) is 12.1. The number of ketones is 2. The van der Waals surface area contributed by atoms with Gasteiger partial charge in [-0.05, 0) is 41.2 Å². The Morgan fingerprint density at radius 2 is 1.51 bits per heavy atom. The van der Waals surface area contributed by atoms with E-state index in [4.69, 9.17) is 32.7 Å². The van der Waals surface area contributed by atoms with Gasteiger partial charge in [0, 0.05) is 47.4 Å². The first-order chi connectivity index (χ1) is 18.3. The molecular weight excluding hydrogens is 537 g/mol. The predicted molar refractivity (Wildman–Crippen MR) is 151 cm³/mol. The minimum atomic E-state index is -0.684. The Hall–Kier alpha value is -3.09. The number of allylic oxidation sites excluding steroid dienone is 4. The maximum atomic E-state index is 13.6. The second-order valence-corrected chi connectivity index (χ2v) is 12.9. The van der Waals surface area contributed by atoms with Gasteiger partial charge < -0.3 is 14.8 Å². The van der Waals surface area contributed by atoms with Crippen molar-refractivity contribution in [1.29, 1.82) is 0 Å². The Labute approximate surface area is 238 Å². The fraction of sp³-hybridized carbons (Fsp3) is 0.387. The highest BCUT2D eigenvalue weighted by molar-refractivity contribution is 6.33. The zero-order valence-electron chi connectivity index (χ0n) is 22.5. The Morgan fingerprint density at radius 3 is 2.10 bits per heavy atom. The largest absolute Gasteiger partial charge is 0.483 e. The number of carbonyl (C=O) groups is 3. The molecule has 39 heavy (non-hydrogen) atoms. The van der Waals surface area contributed by atoms with E-state index in [0.29, 0.717) is 75.4 Å². The van der Waals surface area contributed by atoms with Crippen LogP contribution in [0.15, 0.2) is 65.1 Å². The first-order valence-corrected chi connectivity index (χ1v) is 13.8. The van der Waals surface area contributed by atoms with E-state index in [9.17, 15) is 14.4 Å². The lowest BCUT2D eigenvalue weighted by atomic mass is 9.65. The van der Waals surface area contributed by atoms with Crippen molar-refractivity contribution in [1.82, 2.24) is 0 Å². The molecule has 0 unspecified atom stereocenters. The van der Waals surface area contributed by atoms with Crippen molar-refractivity contribution in [3.8, 4) is 5.75 Å². The molecule has 2 aromatic carbocycles. The van der Waals surface area contributed by atoms with Crippen LogP contribution in [0.5, 0.6) is 5.75 Å². The van der Waals surface area contributed by atoms with Gasteiger partial charge in [0.05, 0.1) is 16.6 Å². The molecule has 1 N–H and O–H groups in total. The van der Waals surface area contributed by atoms with Crippen LogP contribution >= 0.6 is 23.2 Å². The van der Waals surface area contributed by atoms with Crippen LogP contribution in [0, 0.1) is 10.8 Å². The molecule has 8 heteroatoms. The number of hydrogen-bond donors (Lipinski definition) is 1. The molecule has 5 rings (SSSR count). The molecule has 0 saturated heterocycles. The third kappa shape index (κ3) is 5.64. The summed E-state index contributed by atoms with van der Waals surface area (Å²) in [4.78, 5) is 40.0. The van der Waals surface area contributed by atoms with E-state index < -0.39 is 11.8 Å². The van der Waals surface area contributed by atoms with Crippen LogP contribution in [0.3, 0.4) is 0 Å². The van der Waals surface area contributed by atoms with Crippen LogP contribution in [0.2, 0.25) is 10.0 Å². The number of para-hydroxylation sites is 1. The molecule has 0 radical (unpaired) electrons. The Kier molecular flexibility index (Phi) is 7.15. The predicted octanol–water partition coefficient (Wildman–Crippen LogP) is 7.41. The number of nitrogens with one attached hydrogen (secondary N) is 1. The summed E-state index contributed by atoms with van der Waals surface area (Å²) in [5, 5.41) is 3.59. The van der Waals surface area contributed by atoms with Crippen LogP contribution < -0.4 is 10.1 Å². The molecular formula is C31H31Cl2NO5. The average molecular weight is 568 g/mol. The minimum Gasteiger partial charge on any atom is -0.483 e. The summed E-state index contributed by atoms with van der Waals surface area (Å²) in [6.45, 7) is 7.86. The first-order valence-electron chi connectivity index (χ1n) is 13.0. The van der Waals surface area contributed by atoms with Gasteiger partial charge >= 0.3 is 0 Å². The van der Waals surface area contributed by atoms with Gasteiger partial charge in [0.2, 0.25) is 0 Å². The lowest BCUT2D eigenvalue weighted by molar-refractivity contribution is -0.121. The molecule has 0 atom stereocenters. The number of rotatable bonds is 5. The van der Waals surface area contributed by atoms with E-state index in [0.717, 1.165) is 0 Å². The highest BCUT2D eigenvalue weighted by Gasteiger charge is 2.48. The van der Waals surface area contributed by atoms with E-state index in [1.165, 1.54) is 0 Å². The highest BCUT2D eigenvalue weighted by atomic mass is 35.5. The van der Waals surface area contributed by atoms with Gasteiger partial charge in [-0.15, -0.1) is 0 Å². The molecule has 0 spiro atoms. The molecule has 2 aliphatic carbocycles. The van der Waals surface area contributed by atoms with E-state index in [1.54, 1.807) is 42.5 Å². The monoisotopic (exact) mass is 567 g/mol. The van der Waals surface area contributed by atoms with Crippen LogP contribution in [-0.4, -0.2) is 24.1 Å². The molecule has 3 aliphatic rings. The van der Waals surface area contributed by atoms with Crippen LogP contribution in [0.4, 0.5) is 5.69 Å². The lowest BCUT2D eigenvalue weighted by Gasteiger charge is -2.43. The zero-order chi connectivity index (χ0) is 28.1. The maximum absolute atomic E-state index is 13.6. The van der Waals surface area contributed by atoms with Crippen molar-refractivity contribution < 1.29 is 23.9 Å². The SMILES string of the molecule is CC1(C)CC(=O)C2=C(C1)OC1=C(C(=O)CC(C)(C)C1)C2c1cc(Cl)ccc1OCC(=O)Nc1ccccc1Cl. The summed E-state index contributed by atoms with van der Waals surface area (Å²) in [5.74, 6) is 0.379. The Morgan fingerprint density at radius 1 is 0.923 bits per heavy atom. The van der Waals surface area contributed by atoms with Gasteiger partial charge in [-0.1, -0.05) is 63.0 Å². The van der Waals surface area contributed by atoms with Crippen LogP contribution in [0.1, 0.15) is 64.9 Å². The standard InChI is InChI=1S/C31H31Cl2NO5/c1-30(2)12-21(35)28-24(14-30)39-25-15-31(3,4)13-22(36)29(25)27(28)18-11-17(32)9-10-23(18)38-16-26(37)34-20-8-6-5-7-19(20)33/h5-11,27H,12-16H2,1-4H3,(H,34,37). The number of amides is 1. The second kappa shape index (κ2) is 10.1. The van der Waals surface area contributed by atoms with Crippen molar-refractivity contribution in [2.24, 2.45) is 10.8 Å². The van der Waals surface area contributed by atoms with Crippen molar-refractivity contribution in [2.45, 2.75) is 59.3 Å². The average Bonchev–Trinajstić information content (AvgIpc) is 2.82. The molecule has 0 fully saturated rings. The van der Waals surface area contributed by atoms with Crippen molar-refractivity contribution in [2.75, 3.05) is 11.9 Å². The fourth-order valence-corrected chi connectivity index (χ4v) is 6.12. The molecule has 1 amide bonds. The van der Waals surface area contributed by atoms with Gasteiger partial charge in [0.1, 0.15) is 17.3 Å². The minimum absolute atomic E-state index is 0.0576. The number of hydrogen-bond acceptors (Lipinski definition) is 5. The molecule has 204 valence electrons. The quantitative estimate of drug-likeness (QED) is 0.406. The highest BCUT2D eigenvalue weighted by Crippen LogP contribution is 2.54. The van der Waals surface area contributed by atoms with E-state index >= 15 is 0 Å². The summed E-state index contributed by atoms with van der Waals surface area (Å²) < 4.78 is 12.4. The van der Waals surface area contributed by atoms with Crippen LogP contribution in [0.25, 0.3) is 0 Å². The van der Waals surface area contributed by atoms with Gasteiger partial charge in [-0.25, -0.2) is 0 Å². The van der Waals surface area contributed by atoms with Crippen molar-refractivity contribution in [3.63, 3.8) is 0 Å². The Balaban J connectivity index is 1.55. The van der Waals surface area contributed by atoms with Gasteiger partial charge in [-0.3, -0.25) is 14.4 Å². The van der Waals surface area contributed by atoms with Gasteiger partial charge in [-0.2, -0.15) is 0 Å². The third-order valence-electron chi connectivity index (χ3n) is 7.37. The maximum Gasteiger partial charge on any atom is 0.262 e. The smallest absolute Gasteiger partial charge is 0.262 e. The van der Waals surface area contributed by atoms with E-state index in [-0.39, 0.29) is 29.0 Å². The molecule has 0 aromatic heterocycles. The third-order valence-corrected chi connectivity index (χ3v) is 7.94. The molecule has 1 heterocycles. The number of halogens is 2. The summed E-state index contributed by atoms with van der Waals surface area (Å²) in [6.07, 6.45) is 1.83. The number of carbonyl (C=O) groups excluding carboxylic acids is 3. The molecule has 1 aliphatic heterocycles. The van der Waals surface area contributed by atoms with Gasteiger partial charge in [0.15, 0.2) is 18.2 Å². The number of benzene rings is 2. The molecule has 0 bridgehead atoms. The van der Waals surface area contributed by atoms with Crippen molar-refractivity contribution in [3.05, 3.63) is 80.7 Å². The summed E-state index contributed by atoms with van der Waals surface area (Å²) in [5.41, 5.74) is 1.47. The Bertz CT molecular complexity index is 1400. The summed E-state index contributed by atoms with van der Waals surface area (Å²) >= 11 is 12.6. The van der Waals surface area contributed by atoms with Crippen LogP contribution in [-0.2, 0) is 19.1 Å². The molecule has 2 aromatic rings. The van der Waals surface area contributed by atoms with E-state index in [2.05, 4.69) is 5.32 Å². The first kappa shape index (κ1) is 27.5. The van der Waals surface area contributed by atoms with Crippen molar-refractivity contribution >= 4 is 46.4 Å². The topological polar surface area (TPSA) is 81.7 Å². The fourth-order valence-electron chi connectivity index (χ4n) is 5.75. The number of anilines is 1. The zero-order valence-corrected chi connectivity index (χ0v) is 24.0. The lowest BCUT2D eigenvalue weighted by Crippen LogP contribution is -2.37.